The lowest BCUT2D eigenvalue weighted by atomic mass is 9.66. The second-order valence-electron chi connectivity index (χ2n) is 12.1. The average Bonchev–Trinajstić information content (AvgIpc) is 3.68. The maximum atomic E-state index is 6.04. The fourth-order valence-electron chi connectivity index (χ4n) is 7.08. The molecule has 2 aliphatic carbocycles. The van der Waals surface area contributed by atoms with Gasteiger partial charge in [-0.05, 0) is 93.4 Å². The summed E-state index contributed by atoms with van der Waals surface area (Å²) in [4.78, 5) is 8.01. The quantitative estimate of drug-likeness (QED) is 0.469. The van der Waals surface area contributed by atoms with Crippen LogP contribution in [0.3, 0.4) is 0 Å². The van der Waals surface area contributed by atoms with E-state index in [2.05, 4.69) is 60.6 Å². The predicted molar refractivity (Wildman–Crippen MR) is 144 cm³/mol. The molecule has 4 nitrogen and oxygen atoms in total. The molecule has 0 spiro atoms. The maximum Gasteiger partial charge on any atom is 0.0726 e. The fourth-order valence-corrected chi connectivity index (χ4v) is 7.08. The third kappa shape index (κ3) is 5.43. The molecule has 1 aromatic rings. The normalized spacial score (nSPS) is 28.9. The van der Waals surface area contributed by atoms with Gasteiger partial charge in [0, 0.05) is 57.2 Å². The van der Waals surface area contributed by atoms with Gasteiger partial charge in [-0.2, -0.15) is 0 Å². The first-order valence-corrected chi connectivity index (χ1v) is 14.5. The molecule has 0 bridgehead atoms. The van der Waals surface area contributed by atoms with Gasteiger partial charge in [-0.1, -0.05) is 26.7 Å². The van der Waals surface area contributed by atoms with Crippen LogP contribution >= 0.6 is 0 Å². The number of hydrogen-bond donors (Lipinski definition) is 0. The summed E-state index contributed by atoms with van der Waals surface area (Å²) in [6, 6.07) is 7.48. The molecular weight excluding hydrogens is 418 g/mol. The van der Waals surface area contributed by atoms with Gasteiger partial charge in [0.15, 0.2) is 0 Å². The highest BCUT2D eigenvalue weighted by Gasteiger charge is 2.35. The number of rotatable bonds is 7. The molecule has 2 atom stereocenters. The van der Waals surface area contributed by atoms with Crippen molar-refractivity contribution in [1.82, 2.24) is 4.90 Å². The molecule has 1 aromatic carbocycles. The summed E-state index contributed by atoms with van der Waals surface area (Å²) in [6.07, 6.45) is 11.7. The van der Waals surface area contributed by atoms with Gasteiger partial charge in [-0.25, -0.2) is 0 Å². The number of piperazine rings is 1. The zero-order chi connectivity index (χ0) is 23.7. The molecule has 0 unspecified atom stereocenters. The molecule has 0 radical (unpaired) electrons. The molecule has 5 rings (SSSR count). The van der Waals surface area contributed by atoms with E-state index in [1.165, 1.54) is 95.5 Å². The third-order valence-corrected chi connectivity index (χ3v) is 9.71. The Labute approximate surface area is 209 Å². The lowest BCUT2D eigenvalue weighted by Gasteiger charge is -2.42. The molecule has 4 fully saturated rings. The van der Waals surface area contributed by atoms with Crippen LogP contribution in [-0.4, -0.2) is 62.9 Å². The number of nitrogens with zero attached hydrogens (tertiary/aromatic N) is 3. The van der Waals surface area contributed by atoms with Crippen LogP contribution in [0.15, 0.2) is 18.2 Å². The topological polar surface area (TPSA) is 19.0 Å². The summed E-state index contributed by atoms with van der Waals surface area (Å²) in [6.45, 7) is 17.4. The Kier molecular flexibility index (Phi) is 7.46. The van der Waals surface area contributed by atoms with E-state index in [4.69, 9.17) is 4.74 Å². The monoisotopic (exact) mass is 467 g/mol. The van der Waals surface area contributed by atoms with Gasteiger partial charge in [-0.3, -0.25) is 4.90 Å². The van der Waals surface area contributed by atoms with Crippen LogP contribution in [0.5, 0.6) is 0 Å². The van der Waals surface area contributed by atoms with Crippen LogP contribution in [0.4, 0.5) is 11.4 Å². The summed E-state index contributed by atoms with van der Waals surface area (Å²) < 4.78 is 6.04. The van der Waals surface area contributed by atoms with Crippen LogP contribution in [0.2, 0.25) is 0 Å². The lowest BCUT2D eigenvalue weighted by Crippen LogP contribution is -2.47. The smallest absolute Gasteiger partial charge is 0.0726 e. The van der Waals surface area contributed by atoms with Gasteiger partial charge in [0.05, 0.1) is 12.2 Å². The first-order valence-electron chi connectivity index (χ1n) is 14.5. The predicted octanol–water partition coefficient (Wildman–Crippen LogP) is 6.30. The minimum Gasteiger partial charge on any atom is -0.372 e. The summed E-state index contributed by atoms with van der Waals surface area (Å²) in [5, 5.41) is 0. The van der Waals surface area contributed by atoms with Crippen molar-refractivity contribution in [3.05, 3.63) is 23.8 Å². The minimum absolute atomic E-state index is 0.302. The van der Waals surface area contributed by atoms with E-state index in [0.29, 0.717) is 23.5 Å². The molecule has 190 valence electrons. The van der Waals surface area contributed by atoms with Crippen molar-refractivity contribution < 1.29 is 4.74 Å². The molecule has 0 amide bonds. The Hall–Kier alpha value is -1.26. The molecule has 4 heteroatoms. The Balaban J connectivity index is 1.36. The van der Waals surface area contributed by atoms with Crippen LogP contribution < -0.4 is 9.80 Å². The lowest BCUT2D eigenvalue weighted by molar-refractivity contribution is -0.00522. The Morgan fingerprint density at radius 3 is 2.09 bits per heavy atom. The van der Waals surface area contributed by atoms with Crippen molar-refractivity contribution in [3.8, 4) is 0 Å². The Morgan fingerprint density at radius 2 is 1.50 bits per heavy atom. The standard InChI is InChI=1S/C30H49N3O/c1-5-30(6-2)13-11-26(12-14-30)28-19-27(33-20-23(3)34-24(4)21-33)9-10-29(28)32-17-15-31(16-18-32)22-25-7-8-25/h9-10,19,23-26H,5-8,11-18,20-22H2,1-4H3/t23-,24+. The van der Waals surface area contributed by atoms with Crippen molar-refractivity contribution in [1.29, 1.82) is 0 Å². The molecule has 0 N–H and O–H groups in total. The van der Waals surface area contributed by atoms with E-state index in [-0.39, 0.29) is 0 Å². The second kappa shape index (κ2) is 10.4. The van der Waals surface area contributed by atoms with Crippen molar-refractivity contribution in [2.24, 2.45) is 11.3 Å². The van der Waals surface area contributed by atoms with Crippen LogP contribution in [0.1, 0.15) is 90.5 Å². The van der Waals surface area contributed by atoms with Gasteiger partial charge >= 0.3 is 0 Å². The largest absolute Gasteiger partial charge is 0.372 e. The van der Waals surface area contributed by atoms with Gasteiger partial charge in [0.2, 0.25) is 0 Å². The van der Waals surface area contributed by atoms with Crippen LogP contribution in [-0.2, 0) is 4.74 Å². The Morgan fingerprint density at radius 1 is 0.853 bits per heavy atom. The van der Waals surface area contributed by atoms with Gasteiger partial charge in [0.25, 0.3) is 0 Å². The molecule has 0 aromatic heterocycles. The number of hydrogen-bond acceptors (Lipinski definition) is 4. The van der Waals surface area contributed by atoms with Crippen molar-refractivity contribution in [2.45, 2.75) is 97.2 Å². The number of ether oxygens (including phenoxy) is 1. The van der Waals surface area contributed by atoms with Gasteiger partial charge in [-0.15, -0.1) is 0 Å². The van der Waals surface area contributed by atoms with Crippen molar-refractivity contribution in [3.63, 3.8) is 0 Å². The SMILES string of the molecule is CCC1(CC)CCC(c2cc(N3C[C@@H](C)O[C@@H](C)C3)ccc2N2CCN(CC3CC3)CC2)CC1. The van der Waals surface area contributed by atoms with E-state index in [9.17, 15) is 0 Å². The number of morpholine rings is 1. The maximum absolute atomic E-state index is 6.04. The molecule has 4 aliphatic rings. The summed E-state index contributed by atoms with van der Waals surface area (Å²) >= 11 is 0. The highest BCUT2D eigenvalue weighted by atomic mass is 16.5. The fraction of sp³-hybridized carbons (Fsp3) is 0.800. The first-order chi connectivity index (χ1) is 16.5. The summed E-state index contributed by atoms with van der Waals surface area (Å²) in [7, 11) is 0. The van der Waals surface area contributed by atoms with E-state index in [1.54, 1.807) is 5.56 Å². The molecule has 34 heavy (non-hydrogen) atoms. The minimum atomic E-state index is 0.302. The van der Waals surface area contributed by atoms with Crippen molar-refractivity contribution >= 4 is 11.4 Å². The van der Waals surface area contributed by atoms with Crippen LogP contribution in [0.25, 0.3) is 0 Å². The van der Waals surface area contributed by atoms with Gasteiger partial charge in [0.1, 0.15) is 0 Å². The summed E-state index contributed by atoms with van der Waals surface area (Å²) in [5.74, 6) is 1.71. The second-order valence-corrected chi connectivity index (χ2v) is 12.1. The molecule has 2 aliphatic heterocycles. The summed E-state index contributed by atoms with van der Waals surface area (Å²) in [5.41, 5.74) is 5.18. The van der Waals surface area contributed by atoms with Crippen LogP contribution in [0, 0.1) is 11.3 Å². The Bertz CT molecular complexity index is 789. The van der Waals surface area contributed by atoms with E-state index < -0.39 is 0 Å². The molecule has 2 saturated carbocycles. The molecule has 2 heterocycles. The van der Waals surface area contributed by atoms with E-state index >= 15 is 0 Å². The highest BCUT2D eigenvalue weighted by Crippen LogP contribution is 2.49. The van der Waals surface area contributed by atoms with Gasteiger partial charge < -0.3 is 14.5 Å². The zero-order valence-corrected chi connectivity index (χ0v) is 22.4. The third-order valence-electron chi connectivity index (χ3n) is 9.71. The number of benzene rings is 1. The highest BCUT2D eigenvalue weighted by molar-refractivity contribution is 5.64. The first kappa shape index (κ1) is 24.4. The average molecular weight is 468 g/mol. The molecule has 2 saturated heterocycles. The van der Waals surface area contributed by atoms with E-state index in [1.807, 2.05) is 0 Å². The van der Waals surface area contributed by atoms with Crippen molar-refractivity contribution in [2.75, 3.05) is 55.6 Å². The zero-order valence-electron chi connectivity index (χ0n) is 22.4. The van der Waals surface area contributed by atoms with E-state index in [0.717, 1.165) is 19.0 Å². The number of anilines is 2. The molecular formula is C30H49N3O.